The number of fused-ring (bicyclic) bond motifs is 1. The van der Waals surface area contributed by atoms with Crippen LogP contribution in [0.25, 0.3) is 0 Å². The van der Waals surface area contributed by atoms with E-state index in [4.69, 9.17) is 10.5 Å². The summed E-state index contributed by atoms with van der Waals surface area (Å²) in [6.45, 7) is 6.11. The molecular formula is C27H36F2N4O4. The number of carbonyl (C=O) groups excluding carboxylic acids is 3. The molecule has 1 saturated carbocycles. The zero-order chi connectivity index (χ0) is 26.3. The molecule has 10 heteroatoms. The number of amides is 2. The van der Waals surface area contributed by atoms with Crippen LogP contribution in [0.5, 0.6) is 0 Å². The Bertz CT molecular complexity index is 1040. The zero-order valence-corrected chi connectivity index (χ0v) is 21.3. The smallest absolute Gasteiger partial charge is 0.249 e. The number of carbonyl (C=O) groups is 3. The average molecular weight is 519 g/mol. The lowest BCUT2D eigenvalue weighted by Crippen LogP contribution is -2.46. The number of likely N-dealkylation sites (N-methyl/N-ethyl adjacent to an activating group) is 1. The fourth-order valence-corrected chi connectivity index (χ4v) is 6.75. The van der Waals surface area contributed by atoms with Crippen LogP contribution in [-0.2, 0) is 14.3 Å². The molecule has 0 spiro atoms. The quantitative estimate of drug-likeness (QED) is 0.595. The van der Waals surface area contributed by atoms with Crippen molar-refractivity contribution in [2.75, 3.05) is 50.8 Å². The van der Waals surface area contributed by atoms with Gasteiger partial charge in [-0.3, -0.25) is 14.4 Å². The van der Waals surface area contributed by atoms with Gasteiger partial charge < -0.3 is 25.2 Å². The van der Waals surface area contributed by atoms with Gasteiger partial charge in [-0.15, -0.1) is 0 Å². The van der Waals surface area contributed by atoms with Gasteiger partial charge in [-0.2, -0.15) is 0 Å². The highest BCUT2D eigenvalue weighted by molar-refractivity contribution is 5.99. The zero-order valence-electron chi connectivity index (χ0n) is 21.3. The van der Waals surface area contributed by atoms with Crippen LogP contribution in [0.2, 0.25) is 0 Å². The molecule has 2 amide bonds. The minimum atomic E-state index is -2.70. The number of piperazine rings is 1. The number of Topliss-reactive ketones (excluding diaryl/α,β-unsaturated/α-hetero) is 1. The highest BCUT2D eigenvalue weighted by Gasteiger charge is 2.56. The molecule has 4 fully saturated rings. The SMILES string of the molecule is CCN1CCN(c2ccc(C(N)=O)c([C@@H](C(=O)N3C[C@@H](C(F)F)[C@H]4OCC(=O)[C@H]43)C3CCCC3)c2)CC1. The number of nitrogens with zero attached hydrogens (tertiary/aromatic N) is 3. The summed E-state index contributed by atoms with van der Waals surface area (Å²) < 4.78 is 33.1. The van der Waals surface area contributed by atoms with Gasteiger partial charge in [0, 0.05) is 44.0 Å². The first-order valence-electron chi connectivity index (χ1n) is 13.4. The van der Waals surface area contributed by atoms with Gasteiger partial charge in [-0.05, 0) is 49.1 Å². The number of rotatable bonds is 7. The molecule has 1 aliphatic carbocycles. The highest BCUT2D eigenvalue weighted by atomic mass is 19.3. The molecular weight excluding hydrogens is 482 g/mol. The first-order valence-corrected chi connectivity index (χ1v) is 13.4. The van der Waals surface area contributed by atoms with Gasteiger partial charge in [-0.1, -0.05) is 19.8 Å². The first kappa shape index (κ1) is 26.0. The summed E-state index contributed by atoms with van der Waals surface area (Å²) in [6, 6.07) is 4.45. The van der Waals surface area contributed by atoms with E-state index in [1.165, 1.54) is 4.90 Å². The molecule has 0 bridgehead atoms. The highest BCUT2D eigenvalue weighted by Crippen LogP contribution is 2.44. The maximum atomic E-state index is 14.2. The number of alkyl halides is 2. The van der Waals surface area contributed by atoms with Crippen LogP contribution >= 0.6 is 0 Å². The lowest BCUT2D eigenvalue weighted by atomic mass is 9.80. The maximum absolute atomic E-state index is 14.2. The topological polar surface area (TPSA) is 96.2 Å². The van der Waals surface area contributed by atoms with Crippen molar-refractivity contribution in [2.45, 2.75) is 57.1 Å². The van der Waals surface area contributed by atoms with Crippen LogP contribution in [0.1, 0.15) is 54.4 Å². The molecule has 1 aromatic rings. The fraction of sp³-hybridized carbons (Fsp3) is 0.667. The van der Waals surface area contributed by atoms with E-state index in [1.54, 1.807) is 6.07 Å². The minimum Gasteiger partial charge on any atom is -0.369 e. The number of hydrogen-bond donors (Lipinski definition) is 1. The summed E-state index contributed by atoms with van der Waals surface area (Å²) in [5.41, 5.74) is 7.51. The predicted molar refractivity (Wildman–Crippen MR) is 134 cm³/mol. The largest absolute Gasteiger partial charge is 0.369 e. The molecule has 4 aliphatic rings. The van der Waals surface area contributed by atoms with Crippen molar-refractivity contribution >= 4 is 23.3 Å². The third kappa shape index (κ3) is 4.85. The Morgan fingerprint density at radius 3 is 2.46 bits per heavy atom. The van der Waals surface area contributed by atoms with Crippen LogP contribution in [-0.4, -0.2) is 91.8 Å². The van der Waals surface area contributed by atoms with Gasteiger partial charge in [0.25, 0.3) is 0 Å². The Morgan fingerprint density at radius 2 is 1.84 bits per heavy atom. The van der Waals surface area contributed by atoms with E-state index < -0.39 is 36.3 Å². The van der Waals surface area contributed by atoms with E-state index in [2.05, 4.69) is 16.7 Å². The normalized spacial score (nSPS) is 27.8. The molecule has 3 heterocycles. The van der Waals surface area contributed by atoms with Crippen LogP contribution in [0.15, 0.2) is 18.2 Å². The molecule has 2 N–H and O–H groups in total. The van der Waals surface area contributed by atoms with Crippen LogP contribution < -0.4 is 10.6 Å². The van der Waals surface area contributed by atoms with E-state index in [0.717, 1.165) is 64.1 Å². The monoisotopic (exact) mass is 518 g/mol. The molecule has 37 heavy (non-hydrogen) atoms. The number of anilines is 1. The number of primary amides is 1. The predicted octanol–water partition coefficient (Wildman–Crippen LogP) is 2.26. The third-order valence-electron chi connectivity index (χ3n) is 8.79. The van der Waals surface area contributed by atoms with Gasteiger partial charge in [0.1, 0.15) is 12.6 Å². The van der Waals surface area contributed by atoms with E-state index in [1.807, 2.05) is 12.1 Å². The van der Waals surface area contributed by atoms with Crippen LogP contribution in [0, 0.1) is 11.8 Å². The second-order valence-corrected chi connectivity index (χ2v) is 10.8. The number of ketones is 1. The molecule has 0 aromatic heterocycles. The fourth-order valence-electron chi connectivity index (χ4n) is 6.75. The molecule has 1 aromatic carbocycles. The lowest BCUT2D eigenvalue weighted by molar-refractivity contribution is -0.139. The van der Waals surface area contributed by atoms with Gasteiger partial charge in [-0.25, -0.2) is 8.78 Å². The van der Waals surface area contributed by atoms with Gasteiger partial charge in [0.2, 0.25) is 18.2 Å². The number of hydrogen-bond acceptors (Lipinski definition) is 6. The molecule has 3 aliphatic heterocycles. The molecule has 3 saturated heterocycles. The number of ether oxygens (including phenoxy) is 1. The Kier molecular flexibility index (Phi) is 7.49. The summed E-state index contributed by atoms with van der Waals surface area (Å²) in [4.78, 5) is 45.3. The van der Waals surface area contributed by atoms with Gasteiger partial charge in [0.05, 0.1) is 17.9 Å². The van der Waals surface area contributed by atoms with Crippen molar-refractivity contribution in [3.8, 4) is 0 Å². The van der Waals surface area contributed by atoms with Crippen LogP contribution in [0.4, 0.5) is 14.5 Å². The molecule has 8 nitrogen and oxygen atoms in total. The molecule has 0 unspecified atom stereocenters. The van der Waals surface area contributed by atoms with Crippen molar-refractivity contribution in [1.82, 2.24) is 9.80 Å². The number of benzene rings is 1. The summed E-state index contributed by atoms with van der Waals surface area (Å²) >= 11 is 0. The van der Waals surface area contributed by atoms with E-state index >= 15 is 0 Å². The molecule has 4 atom stereocenters. The summed E-state index contributed by atoms with van der Waals surface area (Å²) in [7, 11) is 0. The van der Waals surface area contributed by atoms with Gasteiger partial charge in [0.15, 0.2) is 5.78 Å². The summed E-state index contributed by atoms with van der Waals surface area (Å²) in [5.74, 6) is -3.34. The lowest BCUT2D eigenvalue weighted by Gasteiger charge is -2.36. The van der Waals surface area contributed by atoms with E-state index in [9.17, 15) is 23.2 Å². The van der Waals surface area contributed by atoms with Gasteiger partial charge >= 0.3 is 0 Å². The Labute approximate surface area is 216 Å². The third-order valence-corrected chi connectivity index (χ3v) is 8.79. The number of nitrogens with two attached hydrogens (primary N) is 1. The average Bonchev–Trinajstić information content (AvgIpc) is 3.63. The summed E-state index contributed by atoms with van der Waals surface area (Å²) in [6.07, 6.45) is -0.207. The maximum Gasteiger partial charge on any atom is 0.249 e. The van der Waals surface area contributed by atoms with Crippen molar-refractivity contribution in [1.29, 1.82) is 0 Å². The number of halogens is 2. The second-order valence-electron chi connectivity index (χ2n) is 10.8. The minimum absolute atomic E-state index is 0.0562. The Morgan fingerprint density at radius 1 is 1.14 bits per heavy atom. The molecule has 0 radical (unpaired) electrons. The second kappa shape index (κ2) is 10.6. The van der Waals surface area contributed by atoms with E-state index in [-0.39, 0.29) is 36.3 Å². The summed E-state index contributed by atoms with van der Waals surface area (Å²) in [5, 5.41) is 0. The standard InChI is InChI=1S/C27H36F2N4O4/c1-2-31-9-11-32(12-10-31)17-7-8-18(26(30)35)19(13-17)22(16-5-3-4-6-16)27(36)33-14-20(25(28)29)24-23(33)21(34)15-37-24/h7-8,13,16,20,22-25H,2-6,9-12,14-15H2,1H3,(H2,30,35)/t20-,22+,23-,24-/m1/s1. The molecule has 5 rings (SSSR count). The van der Waals surface area contributed by atoms with Crippen molar-refractivity contribution in [3.05, 3.63) is 29.3 Å². The molecule has 202 valence electrons. The number of likely N-dealkylation sites (tertiary alicyclic amines) is 1. The first-order chi connectivity index (χ1) is 17.8. The van der Waals surface area contributed by atoms with Crippen LogP contribution in [0.3, 0.4) is 0 Å². The Hall–Kier alpha value is -2.59. The van der Waals surface area contributed by atoms with Crippen molar-refractivity contribution in [2.24, 2.45) is 17.6 Å². The Balaban J connectivity index is 1.52. The van der Waals surface area contributed by atoms with E-state index in [0.29, 0.717) is 5.56 Å². The van der Waals surface area contributed by atoms with Crippen molar-refractivity contribution < 1.29 is 27.9 Å². The van der Waals surface area contributed by atoms with Crippen molar-refractivity contribution in [3.63, 3.8) is 0 Å².